The van der Waals surface area contributed by atoms with Crippen molar-refractivity contribution in [3.8, 4) is 28.7 Å². The van der Waals surface area contributed by atoms with Crippen molar-refractivity contribution in [3.05, 3.63) is 47.1 Å². The van der Waals surface area contributed by atoms with Crippen molar-refractivity contribution in [1.82, 2.24) is 19.7 Å². The van der Waals surface area contributed by atoms with Gasteiger partial charge in [-0.15, -0.1) is 5.10 Å². The number of aromatic nitrogens is 4. The van der Waals surface area contributed by atoms with Crippen molar-refractivity contribution in [2.24, 2.45) is 7.05 Å². The predicted octanol–water partition coefficient (Wildman–Crippen LogP) is 3.21. The van der Waals surface area contributed by atoms with Gasteiger partial charge in [0, 0.05) is 18.3 Å². The van der Waals surface area contributed by atoms with Crippen molar-refractivity contribution >= 4 is 11.6 Å². The zero-order chi connectivity index (χ0) is 15.0. The number of phenolic OH excluding ortho intramolecular Hbond substituents is 1. The lowest BCUT2D eigenvalue weighted by Gasteiger charge is -2.03. The van der Waals surface area contributed by atoms with E-state index >= 15 is 0 Å². The SMILES string of the molecule is Cc1cccnc1-c1nc(-c2cc(Cl)ccc2O)n(C)n1. The first-order valence-corrected chi connectivity index (χ1v) is 6.76. The zero-order valence-electron chi connectivity index (χ0n) is 11.6. The number of nitrogens with zero attached hydrogens (tertiary/aromatic N) is 4. The molecule has 0 bridgehead atoms. The second-order valence-corrected chi connectivity index (χ2v) is 5.15. The molecule has 6 heteroatoms. The summed E-state index contributed by atoms with van der Waals surface area (Å²) < 4.78 is 1.61. The predicted molar refractivity (Wildman–Crippen MR) is 81.1 cm³/mol. The minimum absolute atomic E-state index is 0.110. The van der Waals surface area contributed by atoms with Crippen LogP contribution in [-0.4, -0.2) is 24.9 Å². The maximum absolute atomic E-state index is 9.99. The van der Waals surface area contributed by atoms with Crippen molar-refractivity contribution in [2.75, 3.05) is 0 Å². The molecule has 0 aliphatic carbocycles. The molecule has 0 amide bonds. The number of pyridine rings is 1. The van der Waals surface area contributed by atoms with Crippen LogP contribution in [0.1, 0.15) is 5.56 Å². The summed E-state index contributed by atoms with van der Waals surface area (Å²) in [4.78, 5) is 8.79. The summed E-state index contributed by atoms with van der Waals surface area (Å²) in [6.07, 6.45) is 1.70. The average Bonchev–Trinajstić information content (AvgIpc) is 2.84. The normalized spacial score (nSPS) is 10.8. The van der Waals surface area contributed by atoms with E-state index in [1.54, 1.807) is 30.1 Å². The zero-order valence-corrected chi connectivity index (χ0v) is 12.3. The average molecular weight is 301 g/mol. The quantitative estimate of drug-likeness (QED) is 0.789. The molecule has 5 nitrogen and oxygen atoms in total. The topological polar surface area (TPSA) is 63.8 Å². The summed E-state index contributed by atoms with van der Waals surface area (Å²) in [7, 11) is 1.77. The van der Waals surface area contributed by atoms with Gasteiger partial charge in [-0.3, -0.25) is 4.98 Å². The van der Waals surface area contributed by atoms with Gasteiger partial charge < -0.3 is 5.11 Å². The van der Waals surface area contributed by atoms with E-state index in [1.807, 2.05) is 19.1 Å². The summed E-state index contributed by atoms with van der Waals surface area (Å²) in [5, 5.41) is 14.9. The van der Waals surface area contributed by atoms with Crippen molar-refractivity contribution in [1.29, 1.82) is 0 Å². The highest BCUT2D eigenvalue weighted by molar-refractivity contribution is 6.30. The molecule has 3 aromatic rings. The maximum atomic E-state index is 9.99. The van der Waals surface area contributed by atoms with Crippen molar-refractivity contribution in [2.45, 2.75) is 6.92 Å². The Morgan fingerprint density at radius 1 is 1.24 bits per heavy atom. The largest absolute Gasteiger partial charge is 0.507 e. The van der Waals surface area contributed by atoms with E-state index in [0.29, 0.717) is 22.2 Å². The number of aryl methyl sites for hydroxylation is 2. The third-order valence-corrected chi connectivity index (χ3v) is 3.42. The lowest BCUT2D eigenvalue weighted by molar-refractivity contribution is 0.476. The van der Waals surface area contributed by atoms with Crippen LogP contribution in [0, 0.1) is 6.92 Å². The highest BCUT2D eigenvalue weighted by Gasteiger charge is 2.16. The highest BCUT2D eigenvalue weighted by atomic mass is 35.5. The van der Waals surface area contributed by atoms with Crippen LogP contribution in [0.5, 0.6) is 5.75 Å². The first-order valence-electron chi connectivity index (χ1n) is 6.38. The summed E-state index contributed by atoms with van der Waals surface area (Å²) in [5.41, 5.74) is 2.25. The Morgan fingerprint density at radius 2 is 2.05 bits per heavy atom. The lowest BCUT2D eigenvalue weighted by Crippen LogP contribution is -1.95. The Labute approximate surface area is 126 Å². The van der Waals surface area contributed by atoms with Gasteiger partial charge in [-0.05, 0) is 36.8 Å². The molecule has 0 fully saturated rings. The van der Waals surface area contributed by atoms with Gasteiger partial charge in [0.15, 0.2) is 5.82 Å². The van der Waals surface area contributed by atoms with Crippen LogP contribution in [0.3, 0.4) is 0 Å². The number of halogens is 1. The van der Waals surface area contributed by atoms with E-state index in [9.17, 15) is 5.11 Å². The first kappa shape index (κ1) is 13.6. The van der Waals surface area contributed by atoms with Gasteiger partial charge in [0.1, 0.15) is 11.4 Å². The number of benzene rings is 1. The van der Waals surface area contributed by atoms with E-state index in [2.05, 4.69) is 15.1 Å². The van der Waals surface area contributed by atoms with Crippen LogP contribution in [0.2, 0.25) is 5.02 Å². The second kappa shape index (κ2) is 5.18. The Balaban J connectivity index is 2.15. The van der Waals surface area contributed by atoms with Gasteiger partial charge in [-0.25, -0.2) is 9.67 Å². The van der Waals surface area contributed by atoms with E-state index in [-0.39, 0.29) is 5.75 Å². The molecule has 0 saturated carbocycles. The summed E-state index contributed by atoms with van der Waals surface area (Å²) in [5.74, 6) is 1.17. The van der Waals surface area contributed by atoms with Crippen LogP contribution in [-0.2, 0) is 7.05 Å². The summed E-state index contributed by atoms with van der Waals surface area (Å²) in [6, 6.07) is 8.65. The van der Waals surface area contributed by atoms with E-state index in [0.717, 1.165) is 11.3 Å². The van der Waals surface area contributed by atoms with Crippen LogP contribution >= 0.6 is 11.6 Å². The monoisotopic (exact) mass is 300 g/mol. The molecular weight excluding hydrogens is 288 g/mol. The molecule has 0 aliphatic rings. The fourth-order valence-electron chi connectivity index (χ4n) is 2.13. The van der Waals surface area contributed by atoms with Gasteiger partial charge in [-0.1, -0.05) is 17.7 Å². The summed E-state index contributed by atoms with van der Waals surface area (Å²) >= 11 is 5.99. The van der Waals surface area contributed by atoms with E-state index < -0.39 is 0 Å². The Morgan fingerprint density at radius 3 is 2.81 bits per heavy atom. The highest BCUT2D eigenvalue weighted by Crippen LogP contribution is 2.31. The number of hydrogen-bond acceptors (Lipinski definition) is 4. The Kier molecular flexibility index (Phi) is 3.35. The molecule has 0 saturated heterocycles. The molecule has 1 N–H and O–H groups in total. The van der Waals surface area contributed by atoms with Gasteiger partial charge in [0.05, 0.1) is 5.56 Å². The molecule has 0 spiro atoms. The molecule has 0 atom stereocenters. The van der Waals surface area contributed by atoms with Crippen LogP contribution in [0.15, 0.2) is 36.5 Å². The number of aromatic hydroxyl groups is 1. The molecule has 2 heterocycles. The molecule has 3 rings (SSSR count). The fourth-order valence-corrected chi connectivity index (χ4v) is 2.30. The van der Waals surface area contributed by atoms with Crippen molar-refractivity contribution in [3.63, 3.8) is 0 Å². The molecule has 2 aromatic heterocycles. The van der Waals surface area contributed by atoms with E-state index in [4.69, 9.17) is 11.6 Å². The third-order valence-electron chi connectivity index (χ3n) is 3.18. The van der Waals surface area contributed by atoms with Crippen LogP contribution in [0.25, 0.3) is 22.9 Å². The third kappa shape index (κ3) is 2.48. The minimum atomic E-state index is 0.110. The van der Waals surface area contributed by atoms with Gasteiger partial charge in [0.25, 0.3) is 0 Å². The lowest BCUT2D eigenvalue weighted by atomic mass is 10.2. The minimum Gasteiger partial charge on any atom is -0.507 e. The van der Waals surface area contributed by atoms with Crippen molar-refractivity contribution < 1.29 is 5.11 Å². The Bertz CT molecular complexity index is 813. The maximum Gasteiger partial charge on any atom is 0.200 e. The van der Waals surface area contributed by atoms with Gasteiger partial charge in [0.2, 0.25) is 5.82 Å². The molecule has 106 valence electrons. The van der Waals surface area contributed by atoms with Gasteiger partial charge in [-0.2, -0.15) is 0 Å². The number of rotatable bonds is 2. The van der Waals surface area contributed by atoms with Crippen LogP contribution < -0.4 is 0 Å². The molecule has 21 heavy (non-hydrogen) atoms. The Hall–Kier alpha value is -2.40. The molecule has 1 aromatic carbocycles. The smallest absolute Gasteiger partial charge is 0.200 e. The van der Waals surface area contributed by atoms with E-state index in [1.165, 1.54) is 6.07 Å². The second-order valence-electron chi connectivity index (χ2n) is 4.71. The molecule has 0 radical (unpaired) electrons. The summed E-state index contributed by atoms with van der Waals surface area (Å²) in [6.45, 7) is 1.95. The first-order chi connectivity index (χ1) is 10.1. The van der Waals surface area contributed by atoms with Gasteiger partial charge >= 0.3 is 0 Å². The standard InChI is InChI=1S/C15H13ClN4O/c1-9-4-3-7-17-13(9)14-18-15(20(2)19-14)11-8-10(16)5-6-12(11)21/h3-8,21H,1-2H3. The molecule has 0 aliphatic heterocycles. The number of hydrogen-bond donors (Lipinski definition) is 1. The molecular formula is C15H13ClN4O. The molecule has 0 unspecified atom stereocenters. The van der Waals surface area contributed by atoms with Crippen LogP contribution in [0.4, 0.5) is 0 Å². The number of phenols is 1. The fraction of sp³-hybridized carbons (Fsp3) is 0.133.